The molecule has 0 fully saturated rings. The number of pyridine rings is 1. The lowest BCUT2D eigenvalue weighted by atomic mass is 10.2. The SMILES string of the molecule is CC(C)Oc1ccc(NCCc2cccnc2)cc1. The van der Waals surface area contributed by atoms with Gasteiger partial charge in [0.05, 0.1) is 6.10 Å². The van der Waals surface area contributed by atoms with Crippen LogP contribution < -0.4 is 10.1 Å². The first-order valence-corrected chi connectivity index (χ1v) is 6.63. The van der Waals surface area contributed by atoms with Crippen molar-refractivity contribution < 1.29 is 4.74 Å². The van der Waals surface area contributed by atoms with Gasteiger partial charge in [-0.15, -0.1) is 0 Å². The van der Waals surface area contributed by atoms with Crippen LogP contribution in [0.3, 0.4) is 0 Å². The number of hydrogen-bond acceptors (Lipinski definition) is 3. The summed E-state index contributed by atoms with van der Waals surface area (Å²) in [5.41, 5.74) is 2.36. The van der Waals surface area contributed by atoms with E-state index >= 15 is 0 Å². The molecule has 0 unspecified atom stereocenters. The number of ether oxygens (including phenoxy) is 1. The highest BCUT2D eigenvalue weighted by Gasteiger charge is 1.98. The van der Waals surface area contributed by atoms with E-state index in [4.69, 9.17) is 4.74 Å². The summed E-state index contributed by atoms with van der Waals surface area (Å²) in [5, 5.41) is 3.39. The number of hydrogen-bond donors (Lipinski definition) is 1. The molecule has 1 aromatic carbocycles. The molecule has 3 heteroatoms. The predicted octanol–water partition coefficient (Wildman–Crippen LogP) is 3.52. The van der Waals surface area contributed by atoms with Crippen LogP contribution >= 0.6 is 0 Å². The third-order valence-electron chi connectivity index (χ3n) is 2.69. The molecular weight excluding hydrogens is 236 g/mol. The number of benzene rings is 1. The fourth-order valence-corrected chi connectivity index (χ4v) is 1.82. The number of nitrogens with one attached hydrogen (secondary N) is 1. The average molecular weight is 256 g/mol. The molecule has 1 aromatic heterocycles. The molecule has 0 spiro atoms. The molecule has 0 saturated heterocycles. The third kappa shape index (κ3) is 4.62. The van der Waals surface area contributed by atoms with E-state index in [0.717, 1.165) is 24.4 Å². The molecule has 0 atom stereocenters. The quantitative estimate of drug-likeness (QED) is 0.858. The maximum Gasteiger partial charge on any atom is 0.119 e. The molecular formula is C16H20N2O. The van der Waals surface area contributed by atoms with E-state index in [0.29, 0.717) is 0 Å². The number of nitrogens with zero attached hydrogens (tertiary/aromatic N) is 1. The molecule has 1 N–H and O–H groups in total. The van der Waals surface area contributed by atoms with Gasteiger partial charge in [0.2, 0.25) is 0 Å². The zero-order valence-electron chi connectivity index (χ0n) is 11.5. The van der Waals surface area contributed by atoms with Gasteiger partial charge in [-0.3, -0.25) is 4.98 Å². The van der Waals surface area contributed by atoms with E-state index in [-0.39, 0.29) is 6.10 Å². The number of aromatic nitrogens is 1. The van der Waals surface area contributed by atoms with Crippen molar-refractivity contribution >= 4 is 5.69 Å². The number of rotatable bonds is 6. The van der Waals surface area contributed by atoms with Crippen LogP contribution in [0.5, 0.6) is 5.75 Å². The summed E-state index contributed by atoms with van der Waals surface area (Å²) in [6.07, 6.45) is 4.88. The Labute approximate surface area is 114 Å². The van der Waals surface area contributed by atoms with Crippen molar-refractivity contribution in [3.8, 4) is 5.75 Å². The van der Waals surface area contributed by atoms with Crippen LogP contribution in [0.25, 0.3) is 0 Å². The highest BCUT2D eigenvalue weighted by atomic mass is 16.5. The van der Waals surface area contributed by atoms with E-state index < -0.39 is 0 Å². The Hall–Kier alpha value is -2.03. The predicted molar refractivity (Wildman–Crippen MR) is 78.6 cm³/mol. The lowest BCUT2D eigenvalue weighted by Crippen LogP contribution is -2.06. The molecule has 0 aliphatic heterocycles. The van der Waals surface area contributed by atoms with Crippen LogP contribution in [0.15, 0.2) is 48.8 Å². The fraction of sp³-hybridized carbons (Fsp3) is 0.312. The zero-order valence-corrected chi connectivity index (χ0v) is 11.5. The summed E-state index contributed by atoms with van der Waals surface area (Å²) in [7, 11) is 0. The van der Waals surface area contributed by atoms with Crippen molar-refractivity contribution in [2.75, 3.05) is 11.9 Å². The second-order valence-electron chi connectivity index (χ2n) is 4.73. The summed E-state index contributed by atoms with van der Waals surface area (Å²) < 4.78 is 5.61. The minimum Gasteiger partial charge on any atom is -0.491 e. The second-order valence-corrected chi connectivity index (χ2v) is 4.73. The van der Waals surface area contributed by atoms with Gasteiger partial charge in [0, 0.05) is 24.6 Å². The molecule has 100 valence electrons. The van der Waals surface area contributed by atoms with Gasteiger partial charge in [-0.25, -0.2) is 0 Å². The first-order valence-electron chi connectivity index (χ1n) is 6.63. The maximum atomic E-state index is 5.61. The highest BCUT2D eigenvalue weighted by Crippen LogP contribution is 2.16. The van der Waals surface area contributed by atoms with E-state index in [1.54, 1.807) is 6.20 Å². The third-order valence-corrected chi connectivity index (χ3v) is 2.69. The monoisotopic (exact) mass is 256 g/mol. The first-order chi connectivity index (χ1) is 9.24. The zero-order chi connectivity index (χ0) is 13.5. The minimum absolute atomic E-state index is 0.212. The second kappa shape index (κ2) is 6.78. The molecule has 1 heterocycles. The lowest BCUT2D eigenvalue weighted by molar-refractivity contribution is 0.242. The van der Waals surface area contributed by atoms with Crippen molar-refractivity contribution in [1.82, 2.24) is 4.98 Å². The number of anilines is 1. The largest absolute Gasteiger partial charge is 0.491 e. The van der Waals surface area contributed by atoms with Gasteiger partial charge in [0.25, 0.3) is 0 Å². The minimum atomic E-state index is 0.212. The van der Waals surface area contributed by atoms with Gasteiger partial charge >= 0.3 is 0 Å². The summed E-state index contributed by atoms with van der Waals surface area (Å²) in [6.45, 7) is 4.95. The molecule has 0 radical (unpaired) electrons. The molecule has 3 nitrogen and oxygen atoms in total. The van der Waals surface area contributed by atoms with Crippen LogP contribution in [0.1, 0.15) is 19.4 Å². The molecule has 0 aliphatic rings. The van der Waals surface area contributed by atoms with Gasteiger partial charge in [-0.05, 0) is 56.2 Å². The molecule has 0 bridgehead atoms. The van der Waals surface area contributed by atoms with Crippen molar-refractivity contribution in [2.24, 2.45) is 0 Å². The molecule has 0 amide bonds. The van der Waals surface area contributed by atoms with E-state index in [9.17, 15) is 0 Å². The molecule has 0 aliphatic carbocycles. The van der Waals surface area contributed by atoms with Gasteiger partial charge in [-0.1, -0.05) is 6.07 Å². The Morgan fingerprint density at radius 1 is 1.16 bits per heavy atom. The Balaban J connectivity index is 1.80. The lowest BCUT2D eigenvalue weighted by Gasteiger charge is -2.11. The summed E-state index contributed by atoms with van der Waals surface area (Å²) in [6, 6.07) is 12.1. The van der Waals surface area contributed by atoms with Crippen molar-refractivity contribution in [1.29, 1.82) is 0 Å². The highest BCUT2D eigenvalue weighted by molar-refractivity contribution is 5.46. The van der Waals surface area contributed by atoms with Crippen LogP contribution in [-0.4, -0.2) is 17.6 Å². The van der Waals surface area contributed by atoms with Crippen LogP contribution in [-0.2, 0) is 6.42 Å². The molecule has 2 aromatic rings. The summed E-state index contributed by atoms with van der Waals surface area (Å²) in [4.78, 5) is 4.11. The van der Waals surface area contributed by atoms with Gasteiger partial charge < -0.3 is 10.1 Å². The van der Waals surface area contributed by atoms with E-state index in [1.165, 1.54) is 5.56 Å². The normalized spacial score (nSPS) is 10.5. The van der Waals surface area contributed by atoms with Crippen molar-refractivity contribution in [3.05, 3.63) is 54.4 Å². The van der Waals surface area contributed by atoms with Crippen molar-refractivity contribution in [3.63, 3.8) is 0 Å². The average Bonchev–Trinajstić information content (AvgIpc) is 2.41. The van der Waals surface area contributed by atoms with Crippen molar-refractivity contribution in [2.45, 2.75) is 26.4 Å². The Morgan fingerprint density at radius 3 is 2.58 bits per heavy atom. The fourth-order valence-electron chi connectivity index (χ4n) is 1.82. The molecule has 2 rings (SSSR count). The summed E-state index contributed by atoms with van der Waals surface area (Å²) >= 11 is 0. The van der Waals surface area contributed by atoms with Gasteiger partial charge in [0.15, 0.2) is 0 Å². The van der Waals surface area contributed by atoms with Gasteiger partial charge in [-0.2, -0.15) is 0 Å². The van der Waals surface area contributed by atoms with E-state index in [2.05, 4.69) is 16.4 Å². The first kappa shape index (κ1) is 13.4. The van der Waals surface area contributed by atoms with Crippen LogP contribution in [0, 0.1) is 0 Å². The Bertz CT molecular complexity index is 480. The Morgan fingerprint density at radius 2 is 1.95 bits per heavy atom. The van der Waals surface area contributed by atoms with Crippen LogP contribution in [0.4, 0.5) is 5.69 Å². The van der Waals surface area contributed by atoms with Crippen LogP contribution in [0.2, 0.25) is 0 Å². The summed E-state index contributed by atoms with van der Waals surface area (Å²) in [5.74, 6) is 0.910. The standard InChI is InChI=1S/C16H20N2O/c1-13(2)19-16-7-5-15(6-8-16)18-11-9-14-4-3-10-17-12-14/h3-8,10,12-13,18H,9,11H2,1-2H3. The topological polar surface area (TPSA) is 34.1 Å². The van der Waals surface area contributed by atoms with Gasteiger partial charge in [0.1, 0.15) is 5.75 Å². The Kier molecular flexibility index (Phi) is 4.78. The maximum absolute atomic E-state index is 5.61. The molecule has 19 heavy (non-hydrogen) atoms. The molecule has 0 saturated carbocycles. The van der Waals surface area contributed by atoms with E-state index in [1.807, 2.05) is 50.4 Å². The smallest absolute Gasteiger partial charge is 0.119 e.